The Bertz CT molecular complexity index is 1300. The average Bonchev–Trinajstić information content (AvgIpc) is 3.03. The zero-order chi connectivity index (χ0) is 17.7. The van der Waals surface area contributed by atoms with Crippen molar-refractivity contribution >= 4 is 75.5 Å². The van der Waals surface area contributed by atoms with Gasteiger partial charge in [0.15, 0.2) is 0 Å². The van der Waals surface area contributed by atoms with Crippen LogP contribution in [-0.2, 0) is 0 Å². The molecule has 5 aromatic rings. The summed E-state index contributed by atoms with van der Waals surface area (Å²) < 4.78 is 3.29. The molecular formula is C20H13BrN4S. The molecule has 26 heavy (non-hydrogen) atoms. The van der Waals surface area contributed by atoms with Crippen molar-refractivity contribution in [3.8, 4) is 0 Å². The van der Waals surface area contributed by atoms with Crippen LogP contribution >= 0.6 is 27.3 Å². The quantitative estimate of drug-likeness (QED) is 0.339. The molecule has 0 unspecified atom stereocenters. The van der Waals surface area contributed by atoms with Crippen LogP contribution in [0.3, 0.4) is 0 Å². The van der Waals surface area contributed by atoms with Gasteiger partial charge in [-0.1, -0.05) is 40.2 Å². The Morgan fingerprint density at radius 3 is 2.73 bits per heavy atom. The van der Waals surface area contributed by atoms with Gasteiger partial charge in [0, 0.05) is 31.0 Å². The first kappa shape index (κ1) is 15.5. The average molecular weight is 421 g/mol. The highest BCUT2D eigenvalue weighted by molar-refractivity contribution is 9.10. The minimum atomic E-state index is 0.747. The number of thiophene rings is 1. The van der Waals surface area contributed by atoms with Crippen molar-refractivity contribution in [2.45, 2.75) is 0 Å². The molecule has 0 amide bonds. The summed E-state index contributed by atoms with van der Waals surface area (Å²) in [7, 11) is 0. The van der Waals surface area contributed by atoms with E-state index >= 15 is 0 Å². The number of nitrogen functional groups attached to an aromatic ring is 1. The molecule has 3 aromatic carbocycles. The molecule has 0 fully saturated rings. The smallest absolute Gasteiger partial charge is 0.141 e. The first-order valence-corrected chi connectivity index (χ1v) is 9.69. The van der Waals surface area contributed by atoms with E-state index in [-0.39, 0.29) is 0 Å². The number of fused-ring (bicyclic) bond motifs is 5. The Morgan fingerprint density at radius 2 is 1.85 bits per heavy atom. The maximum absolute atomic E-state index is 6.39. The van der Waals surface area contributed by atoms with Crippen LogP contribution < -0.4 is 11.1 Å². The second kappa shape index (κ2) is 5.93. The Hall–Kier alpha value is -2.70. The summed E-state index contributed by atoms with van der Waals surface area (Å²) >= 11 is 5.20. The molecule has 5 rings (SSSR count). The minimum Gasteiger partial charge on any atom is -0.398 e. The SMILES string of the molecule is Nc1cc2c(Nc3cccc(Br)c3)ncnc2c2c1sc1ccccc12. The molecule has 0 spiro atoms. The lowest BCUT2D eigenvalue weighted by molar-refractivity contribution is 1.22. The molecule has 0 aliphatic rings. The first-order valence-electron chi connectivity index (χ1n) is 8.08. The molecular weight excluding hydrogens is 408 g/mol. The summed E-state index contributed by atoms with van der Waals surface area (Å²) in [6.45, 7) is 0. The number of anilines is 3. The highest BCUT2D eigenvalue weighted by Gasteiger charge is 2.15. The van der Waals surface area contributed by atoms with Gasteiger partial charge in [-0.15, -0.1) is 11.3 Å². The van der Waals surface area contributed by atoms with Crippen molar-refractivity contribution in [2.75, 3.05) is 11.1 Å². The van der Waals surface area contributed by atoms with Gasteiger partial charge in [-0.05, 0) is 30.3 Å². The highest BCUT2D eigenvalue weighted by Crippen LogP contribution is 2.42. The second-order valence-electron chi connectivity index (χ2n) is 6.02. The predicted octanol–water partition coefficient (Wildman–Crippen LogP) is 6.09. The van der Waals surface area contributed by atoms with E-state index in [1.165, 1.54) is 10.1 Å². The number of nitrogens with zero attached hydrogens (tertiary/aromatic N) is 2. The van der Waals surface area contributed by atoms with E-state index < -0.39 is 0 Å². The number of hydrogen-bond donors (Lipinski definition) is 2. The van der Waals surface area contributed by atoms with Crippen LogP contribution in [0, 0.1) is 0 Å². The van der Waals surface area contributed by atoms with Gasteiger partial charge in [-0.3, -0.25) is 0 Å². The van der Waals surface area contributed by atoms with Gasteiger partial charge >= 0.3 is 0 Å². The van der Waals surface area contributed by atoms with E-state index in [9.17, 15) is 0 Å². The molecule has 0 aliphatic heterocycles. The minimum absolute atomic E-state index is 0.747. The number of halogens is 1. The monoisotopic (exact) mass is 420 g/mol. The standard InChI is InChI=1S/C20H13BrN4S/c21-11-4-3-5-12(8-11)25-20-14-9-15(22)19-17(18(14)23-10-24-20)13-6-1-2-7-16(13)26-19/h1-10H,22H2,(H,23,24,25). The third-order valence-electron chi connectivity index (χ3n) is 4.37. The van der Waals surface area contributed by atoms with Gasteiger partial charge < -0.3 is 11.1 Å². The molecule has 126 valence electrons. The van der Waals surface area contributed by atoms with E-state index in [0.29, 0.717) is 0 Å². The second-order valence-corrected chi connectivity index (χ2v) is 7.99. The van der Waals surface area contributed by atoms with Crippen molar-refractivity contribution in [3.63, 3.8) is 0 Å². The summed E-state index contributed by atoms with van der Waals surface area (Å²) in [6, 6.07) is 18.3. The summed E-state index contributed by atoms with van der Waals surface area (Å²) in [4.78, 5) is 9.04. The molecule has 3 N–H and O–H groups in total. The molecule has 2 heterocycles. The van der Waals surface area contributed by atoms with E-state index in [4.69, 9.17) is 5.73 Å². The van der Waals surface area contributed by atoms with E-state index in [1.807, 2.05) is 42.5 Å². The van der Waals surface area contributed by atoms with E-state index in [2.05, 4.69) is 43.3 Å². The zero-order valence-electron chi connectivity index (χ0n) is 13.5. The van der Waals surface area contributed by atoms with Crippen LogP contribution in [0.15, 0.2) is 65.4 Å². The molecule has 0 bridgehead atoms. The number of rotatable bonds is 2. The van der Waals surface area contributed by atoms with Gasteiger partial charge in [-0.2, -0.15) is 0 Å². The number of hydrogen-bond acceptors (Lipinski definition) is 5. The van der Waals surface area contributed by atoms with E-state index in [0.717, 1.165) is 42.7 Å². The van der Waals surface area contributed by atoms with Gasteiger partial charge in [0.25, 0.3) is 0 Å². The van der Waals surface area contributed by atoms with Crippen molar-refractivity contribution in [3.05, 3.63) is 65.4 Å². The first-order chi connectivity index (χ1) is 12.7. The van der Waals surface area contributed by atoms with Crippen molar-refractivity contribution < 1.29 is 0 Å². The Balaban J connectivity index is 1.81. The summed E-state index contributed by atoms with van der Waals surface area (Å²) in [6.07, 6.45) is 1.60. The number of aromatic nitrogens is 2. The van der Waals surface area contributed by atoms with Gasteiger partial charge in [0.05, 0.1) is 15.9 Å². The lowest BCUT2D eigenvalue weighted by Gasteiger charge is -2.10. The molecule has 2 aromatic heterocycles. The van der Waals surface area contributed by atoms with Crippen molar-refractivity contribution in [2.24, 2.45) is 0 Å². The zero-order valence-corrected chi connectivity index (χ0v) is 15.9. The predicted molar refractivity (Wildman–Crippen MR) is 114 cm³/mol. The molecule has 0 aliphatic carbocycles. The van der Waals surface area contributed by atoms with Crippen LogP contribution in [0.25, 0.3) is 31.1 Å². The van der Waals surface area contributed by atoms with Crippen molar-refractivity contribution in [1.29, 1.82) is 0 Å². The third kappa shape index (κ3) is 2.41. The van der Waals surface area contributed by atoms with Crippen LogP contribution in [0.2, 0.25) is 0 Å². The van der Waals surface area contributed by atoms with Crippen LogP contribution in [0.1, 0.15) is 0 Å². The molecule has 0 atom stereocenters. The highest BCUT2D eigenvalue weighted by atomic mass is 79.9. The molecule has 0 saturated heterocycles. The molecule has 4 nitrogen and oxygen atoms in total. The van der Waals surface area contributed by atoms with Crippen LogP contribution in [0.5, 0.6) is 0 Å². The fourth-order valence-electron chi connectivity index (χ4n) is 3.24. The normalized spacial score (nSPS) is 11.4. The maximum atomic E-state index is 6.39. The topological polar surface area (TPSA) is 63.8 Å². The summed E-state index contributed by atoms with van der Waals surface area (Å²) in [5.41, 5.74) is 9.01. The molecule has 0 saturated carbocycles. The fourth-order valence-corrected chi connectivity index (χ4v) is 4.77. The van der Waals surface area contributed by atoms with Gasteiger partial charge in [-0.25, -0.2) is 9.97 Å². The number of nitrogens with one attached hydrogen (secondary N) is 1. The third-order valence-corrected chi connectivity index (χ3v) is 6.08. The Labute approximate surface area is 161 Å². The van der Waals surface area contributed by atoms with Crippen LogP contribution in [0.4, 0.5) is 17.2 Å². The largest absolute Gasteiger partial charge is 0.398 e. The maximum Gasteiger partial charge on any atom is 0.141 e. The lowest BCUT2D eigenvalue weighted by Crippen LogP contribution is -1.97. The van der Waals surface area contributed by atoms with Crippen molar-refractivity contribution in [1.82, 2.24) is 9.97 Å². The van der Waals surface area contributed by atoms with Crippen LogP contribution in [-0.4, -0.2) is 9.97 Å². The molecule has 0 radical (unpaired) electrons. The Morgan fingerprint density at radius 1 is 0.962 bits per heavy atom. The fraction of sp³-hybridized carbons (Fsp3) is 0. The number of benzene rings is 3. The Kier molecular flexibility index (Phi) is 3.55. The lowest BCUT2D eigenvalue weighted by atomic mass is 10.1. The van der Waals surface area contributed by atoms with Gasteiger partial charge in [0.2, 0.25) is 0 Å². The number of nitrogens with two attached hydrogens (primary N) is 1. The molecule has 6 heteroatoms. The summed E-state index contributed by atoms with van der Waals surface area (Å²) in [5.74, 6) is 0.747. The van der Waals surface area contributed by atoms with E-state index in [1.54, 1.807) is 17.7 Å². The van der Waals surface area contributed by atoms with Gasteiger partial charge in [0.1, 0.15) is 12.1 Å². The summed E-state index contributed by atoms with van der Waals surface area (Å²) in [5, 5.41) is 6.58.